The molecule has 4 rings (SSSR count). The van der Waals surface area contributed by atoms with Gasteiger partial charge in [0.25, 0.3) is 5.91 Å². The molecule has 1 atom stereocenters. The average molecular weight is 404 g/mol. The predicted octanol–water partition coefficient (Wildman–Crippen LogP) is 4.95. The summed E-state index contributed by atoms with van der Waals surface area (Å²) in [7, 11) is 0. The molecule has 0 radical (unpaired) electrons. The number of amides is 1. The van der Waals surface area contributed by atoms with Crippen LogP contribution in [0, 0.1) is 0 Å². The van der Waals surface area contributed by atoms with Crippen LogP contribution in [0.15, 0.2) is 66.7 Å². The molecule has 0 saturated heterocycles. The van der Waals surface area contributed by atoms with E-state index in [1.54, 1.807) is 18.3 Å². The standard InChI is InChI=1S/C23H20N2O3S/c1-15(23(27)25-18-11-6-8-16-7-2-3-9-17(16)18)28-22(26)14-13-21-24-19-10-4-5-12-20(19)29-21/h2-12,15H,13-14H2,1H3,(H,25,27)/t15-/m0/s1. The Morgan fingerprint density at radius 3 is 2.66 bits per heavy atom. The number of carbonyl (C=O) groups excluding carboxylic acids is 2. The van der Waals surface area contributed by atoms with Crippen molar-refractivity contribution >= 4 is 49.9 Å². The molecule has 1 heterocycles. The van der Waals surface area contributed by atoms with Crippen molar-refractivity contribution in [3.05, 3.63) is 71.7 Å². The largest absolute Gasteiger partial charge is 0.453 e. The lowest BCUT2D eigenvalue weighted by Gasteiger charge is -2.14. The number of hydrogen-bond acceptors (Lipinski definition) is 5. The molecule has 0 aliphatic rings. The second kappa shape index (κ2) is 8.41. The van der Waals surface area contributed by atoms with Gasteiger partial charge in [0.2, 0.25) is 0 Å². The minimum Gasteiger partial charge on any atom is -0.453 e. The zero-order chi connectivity index (χ0) is 20.2. The molecular formula is C23H20N2O3S. The van der Waals surface area contributed by atoms with Gasteiger partial charge in [-0.2, -0.15) is 0 Å². The third kappa shape index (κ3) is 4.43. The second-order valence-corrected chi connectivity index (χ2v) is 7.84. The number of benzene rings is 3. The number of rotatable bonds is 6. The quantitative estimate of drug-likeness (QED) is 0.462. The van der Waals surface area contributed by atoms with E-state index in [0.717, 1.165) is 26.0 Å². The first-order valence-electron chi connectivity index (χ1n) is 9.43. The number of anilines is 1. The summed E-state index contributed by atoms with van der Waals surface area (Å²) in [6.07, 6.45) is -0.196. The third-order valence-electron chi connectivity index (χ3n) is 4.61. The molecule has 4 aromatic rings. The minimum atomic E-state index is -0.878. The Labute approximate surface area is 172 Å². The molecule has 3 aromatic carbocycles. The number of aromatic nitrogens is 1. The number of esters is 1. The maximum atomic E-state index is 12.5. The molecule has 0 unspecified atom stereocenters. The van der Waals surface area contributed by atoms with E-state index in [1.165, 1.54) is 0 Å². The van der Waals surface area contributed by atoms with Crippen LogP contribution in [0.4, 0.5) is 5.69 Å². The Morgan fingerprint density at radius 2 is 1.79 bits per heavy atom. The van der Waals surface area contributed by atoms with Gasteiger partial charge in [-0.25, -0.2) is 4.98 Å². The first-order chi connectivity index (χ1) is 14.1. The molecule has 5 nitrogen and oxygen atoms in total. The number of nitrogens with one attached hydrogen (secondary N) is 1. The number of carbonyl (C=O) groups is 2. The van der Waals surface area contributed by atoms with Crippen LogP contribution in [-0.2, 0) is 20.7 Å². The lowest BCUT2D eigenvalue weighted by atomic mass is 10.1. The molecule has 1 amide bonds. The third-order valence-corrected chi connectivity index (χ3v) is 5.70. The lowest BCUT2D eigenvalue weighted by Crippen LogP contribution is -2.30. The van der Waals surface area contributed by atoms with Crippen LogP contribution in [0.3, 0.4) is 0 Å². The van der Waals surface area contributed by atoms with Gasteiger partial charge in [-0.1, -0.05) is 48.5 Å². The number of nitrogens with zero attached hydrogens (tertiary/aromatic N) is 1. The fourth-order valence-corrected chi connectivity index (χ4v) is 4.08. The molecule has 29 heavy (non-hydrogen) atoms. The van der Waals surface area contributed by atoms with E-state index < -0.39 is 12.1 Å². The number of fused-ring (bicyclic) bond motifs is 2. The van der Waals surface area contributed by atoms with Gasteiger partial charge in [-0.15, -0.1) is 11.3 Å². The molecule has 0 bridgehead atoms. The molecule has 0 spiro atoms. The number of ether oxygens (including phenoxy) is 1. The molecule has 146 valence electrons. The SMILES string of the molecule is C[C@H](OC(=O)CCc1nc2ccccc2s1)C(=O)Nc1cccc2ccccc12. The second-order valence-electron chi connectivity index (χ2n) is 6.72. The molecule has 0 fully saturated rings. The number of para-hydroxylation sites is 1. The fraction of sp³-hybridized carbons (Fsp3) is 0.174. The Morgan fingerprint density at radius 1 is 1.03 bits per heavy atom. The maximum Gasteiger partial charge on any atom is 0.306 e. The highest BCUT2D eigenvalue weighted by molar-refractivity contribution is 7.18. The average Bonchev–Trinajstić information content (AvgIpc) is 3.15. The number of hydrogen-bond donors (Lipinski definition) is 1. The molecule has 1 aromatic heterocycles. The van der Waals surface area contributed by atoms with Crippen LogP contribution in [0.25, 0.3) is 21.0 Å². The van der Waals surface area contributed by atoms with Crippen LogP contribution in [-0.4, -0.2) is 23.0 Å². The summed E-state index contributed by atoms with van der Waals surface area (Å²) in [6.45, 7) is 1.58. The van der Waals surface area contributed by atoms with Crippen molar-refractivity contribution in [2.45, 2.75) is 25.9 Å². The van der Waals surface area contributed by atoms with Crippen LogP contribution >= 0.6 is 11.3 Å². The van der Waals surface area contributed by atoms with Crippen LogP contribution in [0.1, 0.15) is 18.4 Å². The number of thiazole rings is 1. The van der Waals surface area contributed by atoms with Crippen LogP contribution < -0.4 is 5.32 Å². The van der Waals surface area contributed by atoms with Gasteiger partial charge in [0.15, 0.2) is 6.10 Å². The summed E-state index contributed by atoms with van der Waals surface area (Å²) in [5, 5.41) is 5.72. The first kappa shape index (κ1) is 19.1. The summed E-state index contributed by atoms with van der Waals surface area (Å²) < 4.78 is 6.41. The summed E-state index contributed by atoms with van der Waals surface area (Å²) in [4.78, 5) is 29.2. The van der Waals surface area contributed by atoms with Crippen LogP contribution in [0.5, 0.6) is 0 Å². The van der Waals surface area contributed by atoms with Gasteiger partial charge in [0.05, 0.1) is 21.6 Å². The van der Waals surface area contributed by atoms with E-state index in [1.807, 2.05) is 66.7 Å². The lowest BCUT2D eigenvalue weighted by molar-refractivity contribution is -0.153. The van der Waals surface area contributed by atoms with Crippen molar-refractivity contribution in [2.24, 2.45) is 0 Å². The molecule has 0 aliphatic heterocycles. The highest BCUT2D eigenvalue weighted by Gasteiger charge is 2.19. The van der Waals surface area contributed by atoms with Crippen LogP contribution in [0.2, 0.25) is 0 Å². The van der Waals surface area contributed by atoms with Crippen molar-refractivity contribution in [1.82, 2.24) is 4.98 Å². The topological polar surface area (TPSA) is 68.3 Å². The van der Waals surface area contributed by atoms with E-state index >= 15 is 0 Å². The molecule has 0 saturated carbocycles. The highest BCUT2D eigenvalue weighted by atomic mass is 32.1. The number of aryl methyl sites for hydroxylation is 1. The summed E-state index contributed by atoms with van der Waals surface area (Å²) in [5.74, 6) is -0.764. The fourth-order valence-electron chi connectivity index (χ4n) is 3.11. The zero-order valence-corrected chi connectivity index (χ0v) is 16.7. The molecule has 1 N–H and O–H groups in total. The van der Waals surface area contributed by atoms with E-state index in [-0.39, 0.29) is 12.3 Å². The Balaban J connectivity index is 1.33. The van der Waals surface area contributed by atoms with Crippen molar-refractivity contribution in [3.8, 4) is 0 Å². The predicted molar refractivity (Wildman–Crippen MR) is 116 cm³/mol. The monoisotopic (exact) mass is 404 g/mol. The molecule has 6 heteroatoms. The van der Waals surface area contributed by atoms with Gasteiger partial charge < -0.3 is 10.1 Å². The van der Waals surface area contributed by atoms with Gasteiger partial charge >= 0.3 is 5.97 Å². The normalized spacial score (nSPS) is 12.0. The van der Waals surface area contributed by atoms with Crippen molar-refractivity contribution in [1.29, 1.82) is 0 Å². The Bertz CT molecular complexity index is 1150. The first-order valence-corrected chi connectivity index (χ1v) is 10.2. The van der Waals surface area contributed by atoms with Gasteiger partial charge in [0, 0.05) is 17.5 Å². The summed E-state index contributed by atoms with van der Waals surface area (Å²) in [5.41, 5.74) is 1.63. The van der Waals surface area contributed by atoms with Crippen molar-refractivity contribution in [2.75, 3.05) is 5.32 Å². The van der Waals surface area contributed by atoms with Gasteiger partial charge in [0.1, 0.15) is 0 Å². The molecular weight excluding hydrogens is 384 g/mol. The van der Waals surface area contributed by atoms with Gasteiger partial charge in [-0.3, -0.25) is 9.59 Å². The smallest absolute Gasteiger partial charge is 0.306 e. The van der Waals surface area contributed by atoms with E-state index in [9.17, 15) is 9.59 Å². The van der Waals surface area contributed by atoms with Gasteiger partial charge in [-0.05, 0) is 30.5 Å². The molecule has 0 aliphatic carbocycles. The minimum absolute atomic E-state index is 0.186. The van der Waals surface area contributed by atoms with E-state index in [0.29, 0.717) is 12.1 Å². The van der Waals surface area contributed by atoms with E-state index in [4.69, 9.17) is 4.74 Å². The van der Waals surface area contributed by atoms with Crippen molar-refractivity contribution in [3.63, 3.8) is 0 Å². The van der Waals surface area contributed by atoms with Crippen molar-refractivity contribution < 1.29 is 14.3 Å². The summed E-state index contributed by atoms with van der Waals surface area (Å²) in [6, 6.07) is 21.4. The maximum absolute atomic E-state index is 12.5. The zero-order valence-electron chi connectivity index (χ0n) is 15.9. The van der Waals surface area contributed by atoms with E-state index in [2.05, 4.69) is 10.3 Å². The highest BCUT2D eigenvalue weighted by Crippen LogP contribution is 2.24. The summed E-state index contributed by atoms with van der Waals surface area (Å²) >= 11 is 1.57. The Hall–Kier alpha value is -3.25. The Kier molecular flexibility index (Phi) is 5.53.